The molecular weight excluding hydrogens is 332 g/mol. The first-order chi connectivity index (χ1) is 12.3. The average molecular weight is 362 g/mol. The summed E-state index contributed by atoms with van der Waals surface area (Å²) in [6, 6.07) is 5.24. The molecule has 1 amide bonds. The number of nitrogen functional groups attached to an aromatic ring is 1. The van der Waals surface area contributed by atoms with E-state index >= 15 is 0 Å². The fourth-order valence-corrected chi connectivity index (χ4v) is 3.08. The summed E-state index contributed by atoms with van der Waals surface area (Å²) in [7, 11) is 1.52. The number of aliphatic imine (C=N–C) groups is 1. The molecule has 7 nitrogen and oxygen atoms in total. The number of carbonyl (C=O) groups is 1. The van der Waals surface area contributed by atoms with Crippen LogP contribution in [0.2, 0.25) is 0 Å². The summed E-state index contributed by atoms with van der Waals surface area (Å²) in [6.07, 6.45) is 2.37. The van der Waals surface area contributed by atoms with Gasteiger partial charge < -0.3 is 26.6 Å². The normalized spacial score (nSPS) is 22.3. The number of benzene rings is 1. The van der Waals surface area contributed by atoms with Crippen molar-refractivity contribution < 1.29 is 14.6 Å². The van der Waals surface area contributed by atoms with E-state index in [9.17, 15) is 9.90 Å². The number of nitrogens with two attached hydrogens (primary N) is 2. The molecule has 1 unspecified atom stereocenters. The predicted octanol–water partition coefficient (Wildman–Crippen LogP) is 0.939. The van der Waals surface area contributed by atoms with Crippen molar-refractivity contribution in [2.24, 2.45) is 22.6 Å². The summed E-state index contributed by atoms with van der Waals surface area (Å²) in [4.78, 5) is 16.7. The van der Waals surface area contributed by atoms with Gasteiger partial charge in [0.2, 0.25) is 0 Å². The summed E-state index contributed by atoms with van der Waals surface area (Å²) >= 11 is 0. The first-order valence-electron chi connectivity index (χ1n) is 8.94. The number of hydrogen-bond donors (Lipinski definition) is 4. The van der Waals surface area contributed by atoms with Crippen LogP contribution in [0.25, 0.3) is 0 Å². The Bertz CT molecular complexity index is 665. The number of nitrogens with zero attached hydrogens (tertiary/aromatic N) is 1. The molecule has 1 atom stereocenters. The highest BCUT2D eigenvalue weighted by molar-refractivity contribution is 6.46. The van der Waals surface area contributed by atoms with Gasteiger partial charge >= 0.3 is 0 Å². The monoisotopic (exact) mass is 362 g/mol. The third-order valence-electron chi connectivity index (χ3n) is 4.89. The number of amides is 1. The molecule has 1 aliphatic rings. The Hall–Kier alpha value is -2.12. The maximum absolute atomic E-state index is 12.6. The highest BCUT2D eigenvalue weighted by atomic mass is 16.5. The molecule has 0 aromatic heterocycles. The van der Waals surface area contributed by atoms with Crippen LogP contribution in [0, 0.1) is 11.8 Å². The standard InChI is InChI=1S/C19H30N4O3/c1-12-6-13(7-12)9-26-14-4-5-16(21)15(8-14)17(22-3)18(25)23-19(2,10-20)11-24/h4-5,8,12-13,24H,6-7,9-11,20-21H2,1-3H3,(H,23,25). The Morgan fingerprint density at radius 3 is 2.69 bits per heavy atom. The van der Waals surface area contributed by atoms with Gasteiger partial charge in [0.05, 0.1) is 18.8 Å². The van der Waals surface area contributed by atoms with E-state index in [-0.39, 0.29) is 18.9 Å². The maximum Gasteiger partial charge on any atom is 0.270 e. The highest BCUT2D eigenvalue weighted by Gasteiger charge is 2.28. The zero-order valence-electron chi connectivity index (χ0n) is 15.8. The SMILES string of the molecule is CN=C(C(=O)NC(C)(CN)CO)c1cc(OCC2CC(C)C2)ccc1N. The van der Waals surface area contributed by atoms with E-state index in [0.717, 1.165) is 5.92 Å². The number of aliphatic hydroxyl groups is 1. The van der Waals surface area contributed by atoms with Gasteiger partial charge in [0, 0.05) is 24.8 Å². The molecule has 144 valence electrons. The second kappa shape index (κ2) is 8.51. The second-order valence-corrected chi connectivity index (χ2v) is 7.45. The van der Waals surface area contributed by atoms with Gasteiger partial charge in [0.15, 0.2) is 0 Å². The van der Waals surface area contributed by atoms with Gasteiger partial charge in [-0.05, 0) is 49.8 Å². The molecule has 0 spiro atoms. The fourth-order valence-electron chi connectivity index (χ4n) is 3.08. The van der Waals surface area contributed by atoms with Gasteiger partial charge in [-0.1, -0.05) is 6.92 Å². The molecular formula is C19H30N4O3. The number of ether oxygens (including phenoxy) is 1. The molecule has 0 bridgehead atoms. The van der Waals surface area contributed by atoms with Crippen LogP contribution in [0.3, 0.4) is 0 Å². The maximum atomic E-state index is 12.6. The number of hydrogen-bond acceptors (Lipinski definition) is 6. The molecule has 0 radical (unpaired) electrons. The van der Waals surface area contributed by atoms with Crippen molar-refractivity contribution in [3.63, 3.8) is 0 Å². The summed E-state index contributed by atoms with van der Waals surface area (Å²) in [5.74, 6) is 1.58. The van der Waals surface area contributed by atoms with Crippen LogP contribution in [0.4, 0.5) is 5.69 Å². The summed E-state index contributed by atoms with van der Waals surface area (Å²) in [6.45, 7) is 4.40. The minimum Gasteiger partial charge on any atom is -0.493 e. The van der Waals surface area contributed by atoms with Crippen molar-refractivity contribution in [2.75, 3.05) is 32.5 Å². The lowest BCUT2D eigenvalue weighted by atomic mass is 9.77. The minimum atomic E-state index is -0.920. The molecule has 0 aliphatic heterocycles. The summed E-state index contributed by atoms with van der Waals surface area (Å²) in [5.41, 5.74) is 11.9. The Morgan fingerprint density at radius 1 is 1.46 bits per heavy atom. The molecule has 26 heavy (non-hydrogen) atoms. The van der Waals surface area contributed by atoms with Crippen LogP contribution in [0.5, 0.6) is 5.75 Å². The lowest BCUT2D eigenvalue weighted by molar-refractivity contribution is -0.116. The van der Waals surface area contributed by atoms with Gasteiger partial charge in [0.25, 0.3) is 5.91 Å². The lowest BCUT2D eigenvalue weighted by Gasteiger charge is -2.32. The Kier molecular flexibility index (Phi) is 6.61. The van der Waals surface area contributed by atoms with E-state index < -0.39 is 11.4 Å². The Morgan fingerprint density at radius 2 is 2.15 bits per heavy atom. The van der Waals surface area contributed by atoms with Gasteiger partial charge in [-0.3, -0.25) is 9.79 Å². The van der Waals surface area contributed by atoms with Crippen molar-refractivity contribution in [1.29, 1.82) is 0 Å². The third kappa shape index (κ3) is 4.74. The first-order valence-corrected chi connectivity index (χ1v) is 8.94. The smallest absolute Gasteiger partial charge is 0.270 e. The molecule has 2 rings (SSSR count). The Balaban J connectivity index is 2.13. The second-order valence-electron chi connectivity index (χ2n) is 7.45. The van der Waals surface area contributed by atoms with E-state index in [2.05, 4.69) is 17.2 Å². The van der Waals surface area contributed by atoms with E-state index in [1.807, 2.05) is 0 Å². The van der Waals surface area contributed by atoms with Crippen LogP contribution in [-0.2, 0) is 4.79 Å². The quantitative estimate of drug-likeness (QED) is 0.405. The largest absolute Gasteiger partial charge is 0.493 e. The van der Waals surface area contributed by atoms with Gasteiger partial charge in [-0.2, -0.15) is 0 Å². The van der Waals surface area contributed by atoms with Crippen molar-refractivity contribution in [3.05, 3.63) is 23.8 Å². The first kappa shape index (κ1) is 20.2. The van der Waals surface area contributed by atoms with Crippen molar-refractivity contribution in [1.82, 2.24) is 5.32 Å². The van der Waals surface area contributed by atoms with Crippen LogP contribution in [-0.4, -0.2) is 49.1 Å². The van der Waals surface area contributed by atoms with Gasteiger partial charge in [0.1, 0.15) is 11.5 Å². The fraction of sp³-hybridized carbons (Fsp3) is 0.579. The number of anilines is 1. The zero-order valence-corrected chi connectivity index (χ0v) is 15.8. The van der Waals surface area contributed by atoms with Crippen LogP contribution in [0.1, 0.15) is 32.3 Å². The average Bonchev–Trinajstić information content (AvgIpc) is 2.60. The van der Waals surface area contributed by atoms with E-state index in [1.165, 1.54) is 19.9 Å². The lowest BCUT2D eigenvalue weighted by Crippen LogP contribution is -2.55. The molecule has 1 aromatic carbocycles. The molecule has 0 saturated heterocycles. The molecule has 1 fully saturated rings. The van der Waals surface area contributed by atoms with Gasteiger partial charge in [-0.25, -0.2) is 0 Å². The molecule has 1 aliphatic carbocycles. The van der Waals surface area contributed by atoms with E-state index in [1.54, 1.807) is 25.1 Å². The summed E-state index contributed by atoms with van der Waals surface area (Å²) in [5, 5.41) is 12.2. The van der Waals surface area contributed by atoms with Crippen molar-refractivity contribution in [2.45, 2.75) is 32.2 Å². The number of aliphatic hydroxyl groups excluding tert-OH is 1. The molecule has 1 aromatic rings. The van der Waals surface area contributed by atoms with E-state index in [0.29, 0.717) is 29.5 Å². The van der Waals surface area contributed by atoms with Crippen LogP contribution < -0.4 is 21.5 Å². The van der Waals surface area contributed by atoms with Gasteiger partial charge in [-0.15, -0.1) is 0 Å². The molecule has 0 heterocycles. The predicted molar refractivity (Wildman–Crippen MR) is 103 cm³/mol. The number of nitrogens with one attached hydrogen (secondary N) is 1. The zero-order chi connectivity index (χ0) is 19.3. The topological polar surface area (TPSA) is 123 Å². The highest BCUT2D eigenvalue weighted by Crippen LogP contribution is 2.33. The third-order valence-corrected chi connectivity index (χ3v) is 4.89. The van der Waals surface area contributed by atoms with Crippen molar-refractivity contribution >= 4 is 17.3 Å². The van der Waals surface area contributed by atoms with Crippen LogP contribution >= 0.6 is 0 Å². The van der Waals surface area contributed by atoms with Crippen molar-refractivity contribution in [3.8, 4) is 5.75 Å². The molecule has 6 N–H and O–H groups in total. The number of carbonyl (C=O) groups excluding carboxylic acids is 1. The van der Waals surface area contributed by atoms with Crippen LogP contribution in [0.15, 0.2) is 23.2 Å². The molecule has 1 saturated carbocycles. The minimum absolute atomic E-state index is 0.102. The molecule has 7 heteroatoms. The number of rotatable bonds is 8. The summed E-state index contributed by atoms with van der Waals surface area (Å²) < 4.78 is 5.87. The Labute approximate surface area is 154 Å². The van der Waals surface area contributed by atoms with E-state index in [4.69, 9.17) is 16.2 Å².